The standard InChI is InChI=1S/C22H24FN7O/c1-3-29-18(24-13-25-29)12-31-22-19(15-8-4-5-9-15)20-14(2)26-27-21(30(20)28-22)16-10-6-7-11-17(16)23/h6-7,10-11,13,15H,3-5,8-9,12H2,1-2H3. The first kappa shape index (κ1) is 19.6. The van der Waals surface area contributed by atoms with Gasteiger partial charge in [0.25, 0.3) is 0 Å². The van der Waals surface area contributed by atoms with Gasteiger partial charge in [0.1, 0.15) is 18.8 Å². The van der Waals surface area contributed by atoms with Gasteiger partial charge in [-0.25, -0.2) is 18.6 Å². The van der Waals surface area contributed by atoms with Gasteiger partial charge < -0.3 is 4.74 Å². The minimum atomic E-state index is -0.363. The predicted molar refractivity (Wildman–Crippen MR) is 112 cm³/mol. The van der Waals surface area contributed by atoms with Gasteiger partial charge in [-0.2, -0.15) is 10.2 Å². The Labute approximate surface area is 179 Å². The number of benzene rings is 1. The van der Waals surface area contributed by atoms with E-state index in [1.165, 1.54) is 25.2 Å². The van der Waals surface area contributed by atoms with Crippen LogP contribution in [0.2, 0.25) is 0 Å². The molecule has 0 atom stereocenters. The third-order valence-electron chi connectivity index (χ3n) is 5.94. The van der Waals surface area contributed by atoms with Crippen molar-refractivity contribution in [3.8, 4) is 17.3 Å². The molecular weight excluding hydrogens is 397 g/mol. The van der Waals surface area contributed by atoms with E-state index in [-0.39, 0.29) is 12.4 Å². The topological polar surface area (TPSA) is 83.0 Å². The van der Waals surface area contributed by atoms with Crippen LogP contribution in [-0.4, -0.2) is 34.6 Å². The molecule has 0 unspecified atom stereocenters. The van der Waals surface area contributed by atoms with E-state index in [4.69, 9.17) is 9.84 Å². The van der Waals surface area contributed by atoms with Gasteiger partial charge in [-0.3, -0.25) is 0 Å². The molecule has 1 aromatic carbocycles. The lowest BCUT2D eigenvalue weighted by Gasteiger charge is -2.12. The van der Waals surface area contributed by atoms with Crippen LogP contribution in [0.3, 0.4) is 0 Å². The average molecular weight is 421 g/mol. The Kier molecular flexibility index (Phi) is 5.09. The molecular formula is C22H24FN7O. The second kappa shape index (κ2) is 8.05. The third kappa shape index (κ3) is 3.43. The summed E-state index contributed by atoms with van der Waals surface area (Å²) in [5.74, 6) is 1.60. The zero-order chi connectivity index (χ0) is 21.4. The number of aryl methyl sites for hydroxylation is 2. The van der Waals surface area contributed by atoms with Crippen LogP contribution in [0.4, 0.5) is 4.39 Å². The maximum absolute atomic E-state index is 14.6. The van der Waals surface area contributed by atoms with E-state index >= 15 is 0 Å². The van der Waals surface area contributed by atoms with E-state index in [9.17, 15) is 4.39 Å². The summed E-state index contributed by atoms with van der Waals surface area (Å²) in [6.07, 6.45) is 6.00. The number of ether oxygens (including phenoxy) is 1. The number of rotatable bonds is 6. The Balaban J connectivity index is 1.65. The molecule has 0 radical (unpaired) electrons. The molecule has 0 aliphatic heterocycles. The van der Waals surface area contributed by atoms with E-state index in [2.05, 4.69) is 20.3 Å². The molecule has 0 bridgehead atoms. The van der Waals surface area contributed by atoms with Crippen molar-refractivity contribution in [1.82, 2.24) is 34.6 Å². The number of halogens is 1. The monoisotopic (exact) mass is 421 g/mol. The zero-order valence-electron chi connectivity index (χ0n) is 17.6. The Morgan fingerprint density at radius 3 is 2.74 bits per heavy atom. The van der Waals surface area contributed by atoms with Gasteiger partial charge in [0.05, 0.1) is 16.8 Å². The summed E-state index contributed by atoms with van der Waals surface area (Å²) in [5, 5.41) is 17.6. The SMILES string of the molecule is CCn1ncnc1COc1nn2c(-c3ccccc3F)nnc(C)c2c1C1CCCC1. The zero-order valence-corrected chi connectivity index (χ0v) is 17.6. The Bertz CT molecular complexity index is 1230. The third-order valence-corrected chi connectivity index (χ3v) is 5.94. The highest BCUT2D eigenvalue weighted by Crippen LogP contribution is 2.42. The van der Waals surface area contributed by atoms with Gasteiger partial charge in [0.2, 0.25) is 5.88 Å². The normalized spacial score (nSPS) is 14.5. The van der Waals surface area contributed by atoms with E-state index in [1.807, 2.05) is 13.8 Å². The molecule has 31 heavy (non-hydrogen) atoms. The number of hydrogen-bond donors (Lipinski definition) is 0. The quantitative estimate of drug-likeness (QED) is 0.466. The number of fused-ring (bicyclic) bond motifs is 1. The molecule has 0 spiro atoms. The van der Waals surface area contributed by atoms with Crippen LogP contribution in [-0.2, 0) is 13.2 Å². The molecule has 1 fully saturated rings. The summed E-state index contributed by atoms with van der Waals surface area (Å²) in [6, 6.07) is 6.54. The van der Waals surface area contributed by atoms with Crippen LogP contribution in [0, 0.1) is 12.7 Å². The lowest BCUT2D eigenvalue weighted by Crippen LogP contribution is -2.08. The van der Waals surface area contributed by atoms with E-state index in [0.717, 1.165) is 35.4 Å². The second-order valence-corrected chi connectivity index (χ2v) is 7.83. The van der Waals surface area contributed by atoms with Crippen LogP contribution in [0.5, 0.6) is 5.88 Å². The molecule has 3 aromatic heterocycles. The molecule has 0 saturated heterocycles. The number of nitrogens with zero attached hydrogens (tertiary/aromatic N) is 7. The minimum Gasteiger partial charge on any atom is -0.468 e. The largest absolute Gasteiger partial charge is 0.468 e. The van der Waals surface area contributed by atoms with Crippen molar-refractivity contribution in [2.75, 3.05) is 0 Å². The molecule has 1 saturated carbocycles. The Hall–Kier alpha value is -3.36. The van der Waals surface area contributed by atoms with Crippen molar-refractivity contribution in [2.45, 2.75) is 58.6 Å². The highest BCUT2D eigenvalue weighted by atomic mass is 19.1. The second-order valence-electron chi connectivity index (χ2n) is 7.83. The highest BCUT2D eigenvalue weighted by molar-refractivity contribution is 5.68. The summed E-state index contributed by atoms with van der Waals surface area (Å²) in [4.78, 5) is 4.30. The summed E-state index contributed by atoms with van der Waals surface area (Å²) >= 11 is 0. The summed E-state index contributed by atoms with van der Waals surface area (Å²) in [5.41, 5.74) is 3.00. The molecule has 1 aliphatic carbocycles. The average Bonchev–Trinajstić information content (AvgIpc) is 3.52. The predicted octanol–water partition coefficient (Wildman–Crippen LogP) is 4.09. The highest BCUT2D eigenvalue weighted by Gasteiger charge is 2.29. The number of aromatic nitrogens is 7. The van der Waals surface area contributed by atoms with E-state index in [1.54, 1.807) is 27.4 Å². The van der Waals surface area contributed by atoms with Crippen LogP contribution < -0.4 is 4.74 Å². The van der Waals surface area contributed by atoms with Gasteiger partial charge >= 0.3 is 0 Å². The molecule has 160 valence electrons. The van der Waals surface area contributed by atoms with Crippen LogP contribution in [0.15, 0.2) is 30.6 Å². The molecule has 5 rings (SSSR count). The fraction of sp³-hybridized carbons (Fsp3) is 0.409. The lowest BCUT2D eigenvalue weighted by atomic mass is 9.98. The van der Waals surface area contributed by atoms with Crippen molar-refractivity contribution >= 4 is 5.52 Å². The Morgan fingerprint density at radius 1 is 1.16 bits per heavy atom. The van der Waals surface area contributed by atoms with Crippen LogP contribution in [0.1, 0.15) is 55.6 Å². The van der Waals surface area contributed by atoms with Gasteiger partial charge in [0, 0.05) is 12.1 Å². The van der Waals surface area contributed by atoms with Crippen molar-refractivity contribution in [1.29, 1.82) is 0 Å². The summed E-state index contributed by atoms with van der Waals surface area (Å²) in [7, 11) is 0. The first-order chi connectivity index (χ1) is 15.2. The van der Waals surface area contributed by atoms with Crippen molar-refractivity contribution in [3.63, 3.8) is 0 Å². The Morgan fingerprint density at radius 2 is 1.97 bits per heavy atom. The van der Waals surface area contributed by atoms with E-state index in [0.29, 0.717) is 29.7 Å². The van der Waals surface area contributed by atoms with Gasteiger partial charge in [-0.15, -0.1) is 10.2 Å². The van der Waals surface area contributed by atoms with E-state index < -0.39 is 0 Å². The molecule has 0 amide bonds. The van der Waals surface area contributed by atoms with Gasteiger partial charge in [0.15, 0.2) is 11.6 Å². The van der Waals surface area contributed by atoms with Gasteiger partial charge in [-0.1, -0.05) is 25.0 Å². The minimum absolute atomic E-state index is 0.256. The first-order valence-corrected chi connectivity index (χ1v) is 10.7. The fourth-order valence-corrected chi connectivity index (χ4v) is 4.42. The molecule has 0 N–H and O–H groups in total. The van der Waals surface area contributed by atoms with Gasteiger partial charge in [-0.05, 0) is 44.7 Å². The fourth-order valence-electron chi connectivity index (χ4n) is 4.42. The lowest BCUT2D eigenvalue weighted by molar-refractivity contribution is 0.271. The number of hydrogen-bond acceptors (Lipinski definition) is 6. The van der Waals surface area contributed by atoms with Crippen LogP contribution >= 0.6 is 0 Å². The molecule has 3 heterocycles. The first-order valence-electron chi connectivity index (χ1n) is 10.7. The summed E-state index contributed by atoms with van der Waals surface area (Å²) in [6.45, 7) is 4.88. The molecule has 1 aliphatic rings. The van der Waals surface area contributed by atoms with Crippen molar-refractivity contribution < 1.29 is 9.13 Å². The smallest absolute Gasteiger partial charge is 0.237 e. The molecule has 9 heteroatoms. The maximum atomic E-state index is 14.6. The molecule has 4 aromatic rings. The van der Waals surface area contributed by atoms with Crippen molar-refractivity contribution in [2.24, 2.45) is 0 Å². The summed E-state index contributed by atoms with van der Waals surface area (Å²) < 4.78 is 24.2. The van der Waals surface area contributed by atoms with Crippen molar-refractivity contribution in [3.05, 3.63) is 53.5 Å². The maximum Gasteiger partial charge on any atom is 0.237 e. The molecule has 8 nitrogen and oxygen atoms in total. The van der Waals surface area contributed by atoms with Crippen LogP contribution in [0.25, 0.3) is 16.9 Å².